The number of aromatic nitrogens is 2. The van der Waals surface area contributed by atoms with Crippen molar-refractivity contribution in [1.82, 2.24) is 15.0 Å². The first-order chi connectivity index (χ1) is 12.9. The van der Waals surface area contributed by atoms with Crippen molar-refractivity contribution in [2.24, 2.45) is 5.14 Å². The molecular formula is C19H20N4O3S. The molecule has 0 saturated heterocycles. The van der Waals surface area contributed by atoms with Crippen LogP contribution in [-0.2, 0) is 23.0 Å². The fourth-order valence-electron chi connectivity index (χ4n) is 3.32. The van der Waals surface area contributed by atoms with E-state index in [4.69, 9.17) is 9.66 Å². The van der Waals surface area contributed by atoms with Gasteiger partial charge in [-0.15, -0.1) is 0 Å². The zero-order valence-corrected chi connectivity index (χ0v) is 15.7. The Balaban J connectivity index is 1.52. The Bertz CT molecular complexity index is 1060. The number of fused-ring (bicyclic) bond motifs is 1. The topological polar surface area (TPSA) is 102 Å². The molecular weight excluding hydrogens is 364 g/mol. The van der Waals surface area contributed by atoms with Crippen LogP contribution in [0.1, 0.15) is 30.0 Å². The third-order valence-corrected chi connectivity index (χ3v) is 5.88. The van der Waals surface area contributed by atoms with Crippen molar-refractivity contribution >= 4 is 10.0 Å². The fraction of sp³-hybridized carbons (Fsp3) is 0.263. The Labute approximate surface area is 157 Å². The highest BCUT2D eigenvalue weighted by molar-refractivity contribution is 7.89. The molecule has 4 rings (SSSR count). The summed E-state index contributed by atoms with van der Waals surface area (Å²) in [5.41, 5.74) is 3.39. The summed E-state index contributed by atoms with van der Waals surface area (Å²) in [6, 6.07) is 14.6. The molecule has 0 fully saturated rings. The SMILES string of the molecule is CC(c1nc(-c2ccc(S(N)(=O)=O)cc2)no1)N1CCc2ccccc2C1. The quantitative estimate of drug-likeness (QED) is 0.741. The molecule has 2 heterocycles. The molecule has 0 amide bonds. The zero-order chi connectivity index (χ0) is 19.0. The molecule has 1 aliphatic heterocycles. The highest BCUT2D eigenvalue weighted by atomic mass is 32.2. The van der Waals surface area contributed by atoms with E-state index in [-0.39, 0.29) is 10.9 Å². The van der Waals surface area contributed by atoms with Crippen LogP contribution in [0.15, 0.2) is 57.9 Å². The van der Waals surface area contributed by atoms with Crippen LogP contribution in [0.2, 0.25) is 0 Å². The van der Waals surface area contributed by atoms with Gasteiger partial charge in [0, 0.05) is 18.7 Å². The molecule has 2 N–H and O–H groups in total. The molecule has 0 radical (unpaired) electrons. The normalized spacial score (nSPS) is 16.1. The van der Waals surface area contributed by atoms with Crippen LogP contribution in [0, 0.1) is 0 Å². The second kappa shape index (κ2) is 6.88. The van der Waals surface area contributed by atoms with Gasteiger partial charge in [0.1, 0.15) is 0 Å². The predicted molar refractivity (Wildman–Crippen MR) is 100 cm³/mol. The van der Waals surface area contributed by atoms with Gasteiger partial charge < -0.3 is 4.52 Å². The number of hydrogen-bond acceptors (Lipinski definition) is 6. The van der Waals surface area contributed by atoms with Gasteiger partial charge in [-0.05, 0) is 48.7 Å². The molecule has 27 heavy (non-hydrogen) atoms. The van der Waals surface area contributed by atoms with Gasteiger partial charge in [-0.1, -0.05) is 29.4 Å². The lowest BCUT2D eigenvalue weighted by Gasteiger charge is -2.31. The van der Waals surface area contributed by atoms with E-state index in [1.165, 1.54) is 23.3 Å². The Morgan fingerprint density at radius 3 is 2.52 bits per heavy atom. The van der Waals surface area contributed by atoms with Gasteiger partial charge in [-0.25, -0.2) is 13.6 Å². The molecule has 1 atom stereocenters. The third kappa shape index (κ3) is 3.64. The van der Waals surface area contributed by atoms with Crippen LogP contribution in [0.4, 0.5) is 0 Å². The van der Waals surface area contributed by atoms with E-state index in [0.29, 0.717) is 17.3 Å². The Hall–Kier alpha value is -2.55. The Morgan fingerprint density at radius 1 is 1.11 bits per heavy atom. The minimum absolute atomic E-state index is 0.0108. The van der Waals surface area contributed by atoms with Crippen LogP contribution < -0.4 is 5.14 Å². The van der Waals surface area contributed by atoms with Crippen LogP contribution in [0.3, 0.4) is 0 Å². The van der Waals surface area contributed by atoms with E-state index in [1.54, 1.807) is 12.1 Å². The third-order valence-electron chi connectivity index (χ3n) is 4.95. The second-order valence-electron chi connectivity index (χ2n) is 6.69. The monoisotopic (exact) mass is 384 g/mol. The van der Waals surface area contributed by atoms with Gasteiger partial charge in [0.05, 0.1) is 10.9 Å². The van der Waals surface area contributed by atoms with Crippen molar-refractivity contribution in [2.75, 3.05) is 6.54 Å². The first kappa shape index (κ1) is 17.8. The molecule has 1 aromatic heterocycles. The molecule has 0 bridgehead atoms. The average molecular weight is 384 g/mol. The summed E-state index contributed by atoms with van der Waals surface area (Å²) in [5, 5.41) is 9.17. The largest absolute Gasteiger partial charge is 0.337 e. The molecule has 0 saturated carbocycles. The van der Waals surface area contributed by atoms with Gasteiger partial charge in [0.2, 0.25) is 21.7 Å². The van der Waals surface area contributed by atoms with Crippen molar-refractivity contribution in [1.29, 1.82) is 0 Å². The minimum atomic E-state index is -3.72. The van der Waals surface area contributed by atoms with Gasteiger partial charge in [0.15, 0.2) is 0 Å². The summed E-state index contributed by atoms with van der Waals surface area (Å²) in [6.07, 6.45) is 0.997. The maximum Gasteiger partial charge on any atom is 0.244 e. The maximum absolute atomic E-state index is 11.4. The zero-order valence-electron chi connectivity index (χ0n) is 14.9. The van der Waals surface area contributed by atoms with Crippen molar-refractivity contribution < 1.29 is 12.9 Å². The van der Waals surface area contributed by atoms with E-state index < -0.39 is 10.0 Å². The minimum Gasteiger partial charge on any atom is -0.337 e. The number of rotatable bonds is 4. The van der Waals surface area contributed by atoms with Crippen molar-refractivity contribution in [3.63, 3.8) is 0 Å². The smallest absolute Gasteiger partial charge is 0.244 e. The molecule has 8 heteroatoms. The lowest BCUT2D eigenvalue weighted by atomic mass is 9.99. The number of primary sulfonamides is 1. The molecule has 1 unspecified atom stereocenters. The molecule has 3 aromatic rings. The van der Waals surface area contributed by atoms with Crippen molar-refractivity contribution in [3.05, 3.63) is 65.5 Å². The van der Waals surface area contributed by atoms with E-state index in [0.717, 1.165) is 19.5 Å². The summed E-state index contributed by atoms with van der Waals surface area (Å²) in [5.74, 6) is 0.968. The standard InChI is InChI=1S/C19H20N4O3S/c1-13(23-11-10-14-4-2-3-5-16(14)12-23)19-21-18(22-26-19)15-6-8-17(9-7-15)27(20,24)25/h2-9,13H,10-12H2,1H3,(H2,20,24,25). The van der Waals surface area contributed by atoms with E-state index >= 15 is 0 Å². The highest BCUT2D eigenvalue weighted by Gasteiger charge is 2.25. The number of nitrogens with two attached hydrogens (primary N) is 1. The molecule has 0 aliphatic carbocycles. The summed E-state index contributed by atoms with van der Waals surface area (Å²) in [7, 11) is -3.72. The number of sulfonamides is 1. The number of benzene rings is 2. The summed E-state index contributed by atoms with van der Waals surface area (Å²) < 4.78 is 28.2. The lowest BCUT2D eigenvalue weighted by Crippen LogP contribution is -2.33. The second-order valence-corrected chi connectivity index (χ2v) is 8.25. The van der Waals surface area contributed by atoms with Gasteiger partial charge >= 0.3 is 0 Å². The molecule has 1 aliphatic rings. The fourth-order valence-corrected chi connectivity index (χ4v) is 3.84. The Morgan fingerprint density at radius 2 is 1.81 bits per heavy atom. The number of hydrogen-bond donors (Lipinski definition) is 1. The lowest BCUT2D eigenvalue weighted by molar-refractivity contribution is 0.158. The first-order valence-electron chi connectivity index (χ1n) is 8.69. The molecule has 0 spiro atoms. The molecule has 140 valence electrons. The van der Waals surface area contributed by atoms with Crippen LogP contribution in [0.25, 0.3) is 11.4 Å². The Kier molecular flexibility index (Phi) is 4.55. The number of nitrogens with zero attached hydrogens (tertiary/aromatic N) is 3. The van der Waals surface area contributed by atoms with Crippen LogP contribution in [-0.4, -0.2) is 30.0 Å². The van der Waals surface area contributed by atoms with E-state index in [9.17, 15) is 8.42 Å². The highest BCUT2D eigenvalue weighted by Crippen LogP contribution is 2.28. The predicted octanol–water partition coefficient (Wildman–Crippen LogP) is 2.50. The van der Waals surface area contributed by atoms with Crippen molar-refractivity contribution in [3.8, 4) is 11.4 Å². The van der Waals surface area contributed by atoms with Gasteiger partial charge in [-0.2, -0.15) is 4.98 Å². The molecule has 7 nitrogen and oxygen atoms in total. The maximum atomic E-state index is 11.4. The van der Waals surface area contributed by atoms with Crippen LogP contribution >= 0.6 is 0 Å². The first-order valence-corrected chi connectivity index (χ1v) is 10.2. The van der Waals surface area contributed by atoms with Gasteiger partial charge in [-0.3, -0.25) is 4.90 Å². The van der Waals surface area contributed by atoms with E-state index in [1.807, 2.05) is 0 Å². The average Bonchev–Trinajstić information content (AvgIpc) is 3.16. The summed E-state index contributed by atoms with van der Waals surface area (Å²) >= 11 is 0. The van der Waals surface area contributed by atoms with E-state index in [2.05, 4.69) is 46.2 Å². The van der Waals surface area contributed by atoms with Crippen molar-refractivity contribution in [2.45, 2.75) is 30.8 Å². The van der Waals surface area contributed by atoms with Crippen LogP contribution in [0.5, 0.6) is 0 Å². The van der Waals surface area contributed by atoms with Gasteiger partial charge in [0.25, 0.3) is 0 Å². The summed E-state index contributed by atoms with van der Waals surface area (Å²) in [4.78, 5) is 6.86. The summed E-state index contributed by atoms with van der Waals surface area (Å²) in [6.45, 7) is 3.83. The molecule has 2 aromatic carbocycles.